The van der Waals surface area contributed by atoms with Crippen LogP contribution >= 0.6 is 11.3 Å². The van der Waals surface area contributed by atoms with Gasteiger partial charge in [-0.1, -0.05) is 6.92 Å². The molecule has 7 heteroatoms. The van der Waals surface area contributed by atoms with E-state index in [2.05, 4.69) is 22.5 Å². The Balaban J connectivity index is 1.75. The van der Waals surface area contributed by atoms with Crippen LogP contribution in [0.5, 0.6) is 11.5 Å². The summed E-state index contributed by atoms with van der Waals surface area (Å²) in [6, 6.07) is 5.66. The number of benzene rings is 1. The Kier molecular flexibility index (Phi) is 6.01. The number of carbonyl (C=O) groups excluding carboxylic acids is 1. The highest BCUT2D eigenvalue weighted by atomic mass is 32.1. The van der Waals surface area contributed by atoms with E-state index >= 15 is 0 Å². The van der Waals surface area contributed by atoms with Gasteiger partial charge in [-0.2, -0.15) is 0 Å². The topological polar surface area (TPSA) is 72.5 Å². The van der Waals surface area contributed by atoms with Crippen LogP contribution in [0.25, 0.3) is 10.6 Å². The van der Waals surface area contributed by atoms with Gasteiger partial charge in [0.15, 0.2) is 11.5 Å². The third-order valence-electron chi connectivity index (χ3n) is 5.12. The Hall–Kier alpha value is -2.12. The number of aromatic nitrogens is 1. The van der Waals surface area contributed by atoms with Crippen molar-refractivity contribution in [2.75, 3.05) is 33.9 Å². The molecule has 0 aliphatic carbocycles. The highest BCUT2D eigenvalue weighted by Gasteiger charge is 2.28. The smallest absolute Gasteiger partial charge is 0.263 e. The van der Waals surface area contributed by atoms with Crippen molar-refractivity contribution in [2.24, 2.45) is 5.41 Å². The number of hydrogen-bond donors (Lipinski definition) is 2. The molecule has 2 aromatic rings. The summed E-state index contributed by atoms with van der Waals surface area (Å²) >= 11 is 1.41. The minimum absolute atomic E-state index is 0.0449. The molecule has 146 valence electrons. The normalized spacial score (nSPS) is 16.0. The number of aryl methyl sites for hydroxylation is 1. The van der Waals surface area contributed by atoms with Crippen LogP contribution in [0.4, 0.5) is 0 Å². The summed E-state index contributed by atoms with van der Waals surface area (Å²) < 4.78 is 10.6. The van der Waals surface area contributed by atoms with E-state index in [1.54, 1.807) is 14.2 Å². The molecule has 1 aliphatic heterocycles. The molecule has 1 aromatic heterocycles. The molecule has 1 saturated heterocycles. The molecule has 2 N–H and O–H groups in total. The molecule has 0 bridgehead atoms. The van der Waals surface area contributed by atoms with Crippen LogP contribution < -0.4 is 20.1 Å². The molecule has 0 unspecified atom stereocenters. The molecule has 6 nitrogen and oxygen atoms in total. The SMILES string of the molecule is COc1ccc(-c2nc(C)c(C(=O)NCC3(C)CCNCC3)s2)cc1OC. The second kappa shape index (κ2) is 8.27. The van der Waals surface area contributed by atoms with E-state index in [0.717, 1.165) is 42.2 Å². The predicted octanol–water partition coefficient (Wildman–Crippen LogP) is 3.26. The second-order valence-corrected chi connectivity index (χ2v) is 8.25. The zero-order chi connectivity index (χ0) is 19.4. The lowest BCUT2D eigenvalue weighted by Gasteiger charge is -2.34. The van der Waals surface area contributed by atoms with Crippen molar-refractivity contribution in [2.45, 2.75) is 26.7 Å². The van der Waals surface area contributed by atoms with Gasteiger partial charge in [0.1, 0.15) is 9.88 Å². The number of carbonyl (C=O) groups is 1. The molecule has 0 saturated carbocycles. The van der Waals surface area contributed by atoms with Crippen molar-refractivity contribution >= 4 is 17.2 Å². The van der Waals surface area contributed by atoms with Gasteiger partial charge in [0.2, 0.25) is 0 Å². The zero-order valence-electron chi connectivity index (χ0n) is 16.3. The van der Waals surface area contributed by atoms with Gasteiger partial charge in [0.05, 0.1) is 19.9 Å². The lowest BCUT2D eigenvalue weighted by molar-refractivity contribution is 0.0925. The van der Waals surface area contributed by atoms with Crippen molar-refractivity contribution < 1.29 is 14.3 Å². The maximum atomic E-state index is 12.7. The monoisotopic (exact) mass is 389 g/mol. The van der Waals surface area contributed by atoms with Crippen molar-refractivity contribution in [3.05, 3.63) is 28.8 Å². The number of nitrogens with zero attached hydrogens (tertiary/aromatic N) is 1. The molecule has 2 heterocycles. The molecule has 3 rings (SSSR count). The summed E-state index contributed by atoms with van der Waals surface area (Å²) in [6.45, 7) is 6.83. The minimum atomic E-state index is -0.0449. The number of thiazole rings is 1. The van der Waals surface area contributed by atoms with E-state index in [9.17, 15) is 4.79 Å². The zero-order valence-corrected chi connectivity index (χ0v) is 17.2. The number of nitrogens with one attached hydrogen (secondary N) is 2. The fourth-order valence-corrected chi connectivity index (χ4v) is 4.26. The molecule has 1 aliphatic rings. The molecular weight excluding hydrogens is 362 g/mol. The van der Waals surface area contributed by atoms with Gasteiger partial charge in [-0.25, -0.2) is 4.98 Å². The van der Waals surface area contributed by atoms with E-state index in [1.165, 1.54) is 11.3 Å². The van der Waals surface area contributed by atoms with E-state index < -0.39 is 0 Å². The van der Waals surface area contributed by atoms with E-state index in [0.29, 0.717) is 22.9 Å². The van der Waals surface area contributed by atoms with E-state index in [4.69, 9.17) is 9.47 Å². The molecule has 27 heavy (non-hydrogen) atoms. The van der Waals surface area contributed by atoms with Gasteiger partial charge in [-0.05, 0) is 56.5 Å². The van der Waals surface area contributed by atoms with Gasteiger partial charge in [-0.15, -0.1) is 11.3 Å². The molecule has 1 aromatic carbocycles. The van der Waals surface area contributed by atoms with E-state index in [-0.39, 0.29) is 11.3 Å². The summed E-state index contributed by atoms with van der Waals surface area (Å²) in [5, 5.41) is 7.28. The van der Waals surface area contributed by atoms with Gasteiger partial charge >= 0.3 is 0 Å². The molecule has 0 radical (unpaired) electrons. The summed E-state index contributed by atoms with van der Waals surface area (Å²) in [5.74, 6) is 1.27. The molecule has 1 amide bonds. The van der Waals surface area contributed by atoms with Crippen molar-refractivity contribution in [3.8, 4) is 22.1 Å². The third kappa shape index (κ3) is 4.42. The van der Waals surface area contributed by atoms with Crippen LogP contribution in [-0.4, -0.2) is 44.7 Å². The number of amides is 1. The first-order valence-electron chi connectivity index (χ1n) is 9.14. The van der Waals surface area contributed by atoms with Gasteiger partial charge in [0, 0.05) is 12.1 Å². The number of rotatable bonds is 6. The fraction of sp³-hybridized carbons (Fsp3) is 0.500. The Bertz CT molecular complexity index is 813. The first kappa shape index (κ1) is 19.6. The van der Waals surface area contributed by atoms with E-state index in [1.807, 2.05) is 25.1 Å². The van der Waals surface area contributed by atoms with Gasteiger partial charge in [0.25, 0.3) is 5.91 Å². The standard InChI is InChI=1S/C20H27N3O3S/c1-13-17(18(24)22-12-20(2)7-9-21-10-8-20)27-19(23-13)14-5-6-15(25-3)16(11-14)26-4/h5-6,11,21H,7-10,12H2,1-4H3,(H,22,24). The second-order valence-electron chi connectivity index (χ2n) is 7.25. The number of ether oxygens (including phenoxy) is 2. The van der Waals surface area contributed by atoms with Gasteiger partial charge < -0.3 is 20.1 Å². The fourth-order valence-electron chi connectivity index (χ4n) is 3.28. The summed E-state index contributed by atoms with van der Waals surface area (Å²) in [4.78, 5) is 18.0. The average molecular weight is 390 g/mol. The highest BCUT2D eigenvalue weighted by Crippen LogP contribution is 2.35. The molecule has 0 spiro atoms. The molecular formula is C20H27N3O3S. The third-order valence-corrected chi connectivity index (χ3v) is 6.32. The van der Waals surface area contributed by atoms with Crippen LogP contribution in [0.2, 0.25) is 0 Å². The van der Waals surface area contributed by atoms with Crippen molar-refractivity contribution in [3.63, 3.8) is 0 Å². The summed E-state index contributed by atoms with van der Waals surface area (Å²) in [5.41, 5.74) is 1.81. The summed E-state index contributed by atoms with van der Waals surface area (Å²) in [6.07, 6.45) is 2.15. The average Bonchev–Trinajstić information content (AvgIpc) is 3.08. The van der Waals surface area contributed by atoms with Crippen molar-refractivity contribution in [1.29, 1.82) is 0 Å². The summed E-state index contributed by atoms with van der Waals surface area (Å²) in [7, 11) is 3.21. The predicted molar refractivity (Wildman–Crippen MR) is 108 cm³/mol. The molecule has 0 atom stereocenters. The number of hydrogen-bond acceptors (Lipinski definition) is 6. The van der Waals surface area contributed by atoms with Crippen molar-refractivity contribution in [1.82, 2.24) is 15.6 Å². The minimum Gasteiger partial charge on any atom is -0.493 e. The maximum Gasteiger partial charge on any atom is 0.263 e. The number of methoxy groups -OCH3 is 2. The van der Waals surface area contributed by atoms with Crippen LogP contribution in [0.1, 0.15) is 35.1 Å². The quantitative estimate of drug-likeness (QED) is 0.793. The maximum absolute atomic E-state index is 12.7. The van der Waals surface area contributed by atoms with Crippen LogP contribution in [-0.2, 0) is 0 Å². The Morgan fingerprint density at radius 1 is 1.26 bits per heavy atom. The first-order valence-corrected chi connectivity index (χ1v) is 9.96. The van der Waals surface area contributed by atoms with Crippen LogP contribution in [0.15, 0.2) is 18.2 Å². The largest absolute Gasteiger partial charge is 0.493 e. The Morgan fingerprint density at radius 3 is 2.63 bits per heavy atom. The first-order chi connectivity index (χ1) is 13.0. The number of piperidine rings is 1. The highest BCUT2D eigenvalue weighted by molar-refractivity contribution is 7.17. The lowest BCUT2D eigenvalue weighted by atomic mass is 9.81. The van der Waals surface area contributed by atoms with Gasteiger partial charge in [-0.3, -0.25) is 4.79 Å². The van der Waals surface area contributed by atoms with Crippen LogP contribution in [0, 0.1) is 12.3 Å². The Morgan fingerprint density at radius 2 is 1.96 bits per heavy atom. The van der Waals surface area contributed by atoms with Crippen LogP contribution in [0.3, 0.4) is 0 Å². The molecule has 1 fully saturated rings. The lowest BCUT2D eigenvalue weighted by Crippen LogP contribution is -2.42. The Labute approximate surface area is 164 Å².